The van der Waals surface area contributed by atoms with Crippen molar-refractivity contribution in [2.45, 2.75) is 20.8 Å². The highest BCUT2D eigenvalue weighted by Crippen LogP contribution is 2.03. The van der Waals surface area contributed by atoms with Gasteiger partial charge < -0.3 is 5.41 Å². The molecule has 0 spiro atoms. The molecular formula is C11H14N2. The second-order valence-electron chi connectivity index (χ2n) is 3.32. The van der Waals surface area contributed by atoms with Crippen LogP contribution >= 0.6 is 0 Å². The van der Waals surface area contributed by atoms with Gasteiger partial charge in [0.05, 0.1) is 5.71 Å². The Morgan fingerprint density at radius 2 is 2.08 bits per heavy atom. The van der Waals surface area contributed by atoms with Crippen LogP contribution in [0.15, 0.2) is 30.0 Å². The Morgan fingerprint density at radius 1 is 1.38 bits per heavy atom. The van der Waals surface area contributed by atoms with Gasteiger partial charge in [-0.05, 0) is 39.0 Å². The highest BCUT2D eigenvalue weighted by molar-refractivity contribution is 6.06. The van der Waals surface area contributed by atoms with Gasteiger partial charge in [0.1, 0.15) is 0 Å². The first-order chi connectivity index (χ1) is 6.09. The number of rotatable bonds is 2. The molecule has 0 radical (unpaired) electrons. The predicted octanol–water partition coefficient (Wildman–Crippen LogP) is 2.72. The molecule has 0 aliphatic carbocycles. The van der Waals surface area contributed by atoms with Gasteiger partial charge in [-0.1, -0.05) is 5.57 Å². The molecule has 0 atom stereocenters. The molecule has 0 fully saturated rings. The zero-order chi connectivity index (χ0) is 9.84. The van der Waals surface area contributed by atoms with E-state index in [1.807, 2.05) is 39.0 Å². The second-order valence-corrected chi connectivity index (χ2v) is 3.32. The largest absolute Gasteiger partial charge is 0.300 e. The fraction of sp³-hybridized carbons (Fsp3) is 0.273. The van der Waals surface area contributed by atoms with E-state index in [4.69, 9.17) is 5.41 Å². The van der Waals surface area contributed by atoms with Crippen LogP contribution in [0.3, 0.4) is 0 Å². The van der Waals surface area contributed by atoms with Crippen molar-refractivity contribution < 1.29 is 0 Å². The van der Waals surface area contributed by atoms with Gasteiger partial charge in [0.15, 0.2) is 0 Å². The van der Waals surface area contributed by atoms with Crippen LogP contribution in [0.25, 0.3) is 0 Å². The van der Waals surface area contributed by atoms with Gasteiger partial charge in [0, 0.05) is 17.5 Å². The van der Waals surface area contributed by atoms with Crippen LogP contribution < -0.4 is 0 Å². The van der Waals surface area contributed by atoms with E-state index in [-0.39, 0.29) is 0 Å². The Kier molecular flexibility index (Phi) is 2.96. The lowest BCUT2D eigenvalue weighted by molar-refractivity contribution is 1.19. The summed E-state index contributed by atoms with van der Waals surface area (Å²) < 4.78 is 0. The topological polar surface area (TPSA) is 36.7 Å². The molecule has 0 bridgehead atoms. The van der Waals surface area contributed by atoms with Crippen molar-refractivity contribution in [2.75, 3.05) is 0 Å². The molecule has 1 N–H and O–H groups in total. The molecule has 1 aromatic rings. The minimum atomic E-state index is 0.521. The highest BCUT2D eigenvalue weighted by Gasteiger charge is 1.97. The zero-order valence-electron chi connectivity index (χ0n) is 8.26. The molecule has 0 saturated carbocycles. The zero-order valence-corrected chi connectivity index (χ0v) is 8.26. The lowest BCUT2D eigenvalue weighted by Crippen LogP contribution is -1.96. The lowest BCUT2D eigenvalue weighted by atomic mass is 10.1. The van der Waals surface area contributed by atoms with Crippen molar-refractivity contribution in [2.24, 2.45) is 0 Å². The van der Waals surface area contributed by atoms with Gasteiger partial charge in [-0.15, -0.1) is 0 Å². The van der Waals surface area contributed by atoms with Gasteiger partial charge >= 0.3 is 0 Å². The van der Waals surface area contributed by atoms with E-state index in [2.05, 4.69) is 4.98 Å². The molecule has 2 heteroatoms. The number of aromatic nitrogens is 1. The number of allylic oxidation sites excluding steroid dienone is 2. The summed E-state index contributed by atoms with van der Waals surface area (Å²) in [6.07, 6.45) is 3.57. The van der Waals surface area contributed by atoms with E-state index in [0.29, 0.717) is 5.71 Å². The van der Waals surface area contributed by atoms with Gasteiger partial charge in [0.2, 0.25) is 0 Å². The normalized spacial score (nSPS) is 9.46. The first-order valence-corrected chi connectivity index (χ1v) is 4.26. The summed E-state index contributed by atoms with van der Waals surface area (Å²) in [7, 11) is 0. The smallest absolute Gasteiger partial charge is 0.0627 e. The summed E-state index contributed by atoms with van der Waals surface area (Å²) >= 11 is 0. The lowest BCUT2D eigenvalue weighted by Gasteiger charge is -1.99. The number of nitrogens with zero attached hydrogens (tertiary/aromatic N) is 1. The molecule has 13 heavy (non-hydrogen) atoms. The molecule has 1 rings (SSSR count). The Labute approximate surface area is 78.8 Å². The van der Waals surface area contributed by atoms with Gasteiger partial charge in [-0.3, -0.25) is 4.98 Å². The first-order valence-electron chi connectivity index (χ1n) is 4.26. The van der Waals surface area contributed by atoms with E-state index in [1.165, 1.54) is 0 Å². The van der Waals surface area contributed by atoms with Gasteiger partial charge in [0.25, 0.3) is 0 Å². The fourth-order valence-electron chi connectivity index (χ4n) is 0.999. The van der Waals surface area contributed by atoms with Crippen LogP contribution in [-0.4, -0.2) is 10.7 Å². The molecule has 1 heterocycles. The molecule has 0 amide bonds. The molecule has 0 aliphatic heterocycles. The predicted molar refractivity (Wildman–Crippen MR) is 55.2 cm³/mol. The molecule has 0 unspecified atom stereocenters. The van der Waals surface area contributed by atoms with Crippen LogP contribution in [0.2, 0.25) is 0 Å². The molecule has 1 aromatic heterocycles. The summed E-state index contributed by atoms with van der Waals surface area (Å²) in [5.41, 5.74) is 3.50. The van der Waals surface area contributed by atoms with E-state index >= 15 is 0 Å². The van der Waals surface area contributed by atoms with Crippen molar-refractivity contribution in [3.05, 3.63) is 41.2 Å². The molecular weight excluding hydrogens is 160 g/mol. The van der Waals surface area contributed by atoms with Crippen molar-refractivity contribution in [3.8, 4) is 0 Å². The standard InChI is InChI=1S/C11H14N2/c1-8(2)6-11(12)10-5-4-9(3)13-7-10/h4-7,12H,1-3H3. The van der Waals surface area contributed by atoms with E-state index in [9.17, 15) is 0 Å². The SMILES string of the molecule is CC(C)=CC(=N)c1ccc(C)nc1. The number of hydrogen-bond acceptors (Lipinski definition) is 2. The minimum Gasteiger partial charge on any atom is -0.300 e. The van der Waals surface area contributed by atoms with Crippen LogP contribution in [-0.2, 0) is 0 Å². The van der Waals surface area contributed by atoms with Gasteiger partial charge in [-0.2, -0.15) is 0 Å². The van der Waals surface area contributed by atoms with E-state index in [1.54, 1.807) is 6.20 Å². The number of pyridine rings is 1. The summed E-state index contributed by atoms with van der Waals surface area (Å²) in [5, 5.41) is 7.71. The molecule has 2 nitrogen and oxygen atoms in total. The monoisotopic (exact) mass is 174 g/mol. The van der Waals surface area contributed by atoms with Crippen LogP contribution in [0.5, 0.6) is 0 Å². The third-order valence-corrected chi connectivity index (χ3v) is 1.66. The maximum absolute atomic E-state index is 7.71. The number of aryl methyl sites for hydroxylation is 1. The average molecular weight is 174 g/mol. The minimum absolute atomic E-state index is 0.521. The van der Waals surface area contributed by atoms with Crippen LogP contribution in [0.1, 0.15) is 25.1 Å². The number of nitrogens with one attached hydrogen (secondary N) is 1. The van der Waals surface area contributed by atoms with Crippen LogP contribution in [0.4, 0.5) is 0 Å². The Morgan fingerprint density at radius 3 is 2.54 bits per heavy atom. The summed E-state index contributed by atoms with van der Waals surface area (Å²) in [6, 6.07) is 3.84. The molecule has 68 valence electrons. The van der Waals surface area contributed by atoms with Crippen molar-refractivity contribution in [1.29, 1.82) is 5.41 Å². The Bertz CT molecular complexity index is 330. The highest BCUT2D eigenvalue weighted by atomic mass is 14.7. The van der Waals surface area contributed by atoms with Crippen molar-refractivity contribution in [1.82, 2.24) is 4.98 Å². The number of hydrogen-bond donors (Lipinski definition) is 1. The maximum Gasteiger partial charge on any atom is 0.0627 e. The molecule has 0 aliphatic rings. The third kappa shape index (κ3) is 2.82. The quantitative estimate of drug-likeness (QED) is 0.687. The maximum atomic E-state index is 7.71. The van der Waals surface area contributed by atoms with E-state index in [0.717, 1.165) is 16.8 Å². The third-order valence-electron chi connectivity index (χ3n) is 1.66. The Hall–Kier alpha value is -1.44. The second kappa shape index (κ2) is 3.99. The molecule has 0 aromatic carbocycles. The summed E-state index contributed by atoms with van der Waals surface area (Å²) in [6.45, 7) is 5.90. The van der Waals surface area contributed by atoms with Crippen molar-refractivity contribution in [3.63, 3.8) is 0 Å². The first kappa shape index (κ1) is 9.65. The van der Waals surface area contributed by atoms with Crippen LogP contribution in [0, 0.1) is 12.3 Å². The summed E-state index contributed by atoms with van der Waals surface area (Å²) in [5.74, 6) is 0. The summed E-state index contributed by atoms with van der Waals surface area (Å²) in [4.78, 5) is 4.14. The molecule has 0 saturated heterocycles. The average Bonchev–Trinajstić information content (AvgIpc) is 2.04. The fourth-order valence-corrected chi connectivity index (χ4v) is 0.999. The van der Waals surface area contributed by atoms with Gasteiger partial charge in [-0.25, -0.2) is 0 Å². The Balaban J connectivity index is 2.90. The van der Waals surface area contributed by atoms with E-state index < -0.39 is 0 Å². The van der Waals surface area contributed by atoms with Crippen molar-refractivity contribution >= 4 is 5.71 Å².